The van der Waals surface area contributed by atoms with Gasteiger partial charge in [0.15, 0.2) is 5.78 Å². The van der Waals surface area contributed by atoms with Gasteiger partial charge < -0.3 is 14.9 Å². The van der Waals surface area contributed by atoms with E-state index in [2.05, 4.69) is 5.09 Å². The number of phenols is 1. The lowest BCUT2D eigenvalue weighted by Crippen LogP contribution is -2.25. The molecule has 22 heavy (non-hydrogen) atoms. The molecule has 1 aliphatic carbocycles. The minimum Gasteiger partial charge on any atom is -0.508 e. The second-order valence-electron chi connectivity index (χ2n) is 5.15. The molecule has 0 heterocycles. The number of carbonyl (C=O) groups excluding carboxylic acids is 1. The topological polar surface area (TPSA) is 107 Å². The molecule has 1 aromatic rings. The summed E-state index contributed by atoms with van der Waals surface area (Å²) in [6.07, 6.45) is 6.20. The van der Waals surface area contributed by atoms with Crippen LogP contribution in [0.15, 0.2) is 48.2 Å². The average Bonchev–Trinajstić information content (AvgIpc) is 2.40. The van der Waals surface area contributed by atoms with Crippen LogP contribution in [0, 0.1) is 5.92 Å². The van der Waals surface area contributed by atoms with Crippen molar-refractivity contribution in [2.24, 2.45) is 5.92 Å². The van der Waals surface area contributed by atoms with Gasteiger partial charge in [-0.15, -0.1) is 0 Å². The molecule has 0 aliphatic heterocycles. The first-order chi connectivity index (χ1) is 10.3. The minimum absolute atomic E-state index is 0.172. The van der Waals surface area contributed by atoms with Crippen LogP contribution in [0.4, 0.5) is 0 Å². The maximum Gasteiger partial charge on any atom is 0.427 e. The number of carbonyl (C=O) groups is 1. The van der Waals surface area contributed by atoms with E-state index in [0.29, 0.717) is 19.3 Å². The Bertz CT molecular complexity index is 662. The fourth-order valence-corrected chi connectivity index (χ4v) is 3.00. The summed E-state index contributed by atoms with van der Waals surface area (Å²) in [6, 6.07) is 6.88. The largest absolute Gasteiger partial charge is 0.508 e. The highest BCUT2D eigenvalue weighted by Gasteiger charge is 2.27. The highest BCUT2D eigenvalue weighted by atomic mass is 31.2. The van der Waals surface area contributed by atoms with Crippen molar-refractivity contribution in [1.82, 2.24) is 5.09 Å². The third-order valence-corrected chi connectivity index (χ3v) is 3.95. The van der Waals surface area contributed by atoms with Gasteiger partial charge in [0, 0.05) is 5.70 Å². The summed E-state index contributed by atoms with van der Waals surface area (Å²) in [5.74, 6) is -0.553. The molecule has 0 bridgehead atoms. The minimum atomic E-state index is -4.43. The smallest absolute Gasteiger partial charge is 0.427 e. The summed E-state index contributed by atoms with van der Waals surface area (Å²) in [5, 5.41) is 11.5. The van der Waals surface area contributed by atoms with E-state index < -0.39 is 13.7 Å². The molecule has 0 fully saturated rings. The summed E-state index contributed by atoms with van der Waals surface area (Å²) in [5.41, 5.74) is 1.20. The molecule has 0 radical (unpaired) electrons. The van der Waals surface area contributed by atoms with E-state index in [-0.39, 0.29) is 17.2 Å². The molecule has 1 aromatic carbocycles. The van der Waals surface area contributed by atoms with Crippen molar-refractivity contribution in [2.45, 2.75) is 19.3 Å². The Kier molecular flexibility index (Phi) is 5.19. The normalized spacial score (nSPS) is 18.2. The molecule has 1 unspecified atom stereocenters. The van der Waals surface area contributed by atoms with Gasteiger partial charge >= 0.3 is 7.75 Å². The summed E-state index contributed by atoms with van der Waals surface area (Å²) in [4.78, 5) is 29.9. The second-order valence-corrected chi connectivity index (χ2v) is 6.47. The molecule has 0 saturated carbocycles. The molecule has 4 N–H and O–H groups in total. The number of nitrogens with one attached hydrogen (secondary N) is 1. The predicted molar refractivity (Wildman–Crippen MR) is 81.9 cm³/mol. The number of phenolic OH excluding ortho intramolecular Hbond substituents is 1. The lowest BCUT2D eigenvalue weighted by atomic mass is 9.90. The van der Waals surface area contributed by atoms with Gasteiger partial charge in [0.2, 0.25) is 0 Å². The number of hydrogen-bond acceptors (Lipinski definition) is 3. The number of aromatic hydroxyl groups is 1. The Morgan fingerprint density at radius 1 is 1.27 bits per heavy atom. The lowest BCUT2D eigenvalue weighted by Gasteiger charge is -2.22. The fraction of sp³-hybridized carbons (Fsp3) is 0.267. The average molecular weight is 323 g/mol. The first kappa shape index (κ1) is 16.5. The van der Waals surface area contributed by atoms with Gasteiger partial charge in [0.1, 0.15) is 5.75 Å². The van der Waals surface area contributed by atoms with Crippen LogP contribution in [0.2, 0.25) is 0 Å². The van der Waals surface area contributed by atoms with E-state index in [9.17, 15) is 14.5 Å². The third kappa shape index (κ3) is 4.84. The van der Waals surface area contributed by atoms with Crippen LogP contribution in [-0.4, -0.2) is 20.7 Å². The van der Waals surface area contributed by atoms with Crippen LogP contribution in [0.3, 0.4) is 0 Å². The molecule has 1 aliphatic rings. The van der Waals surface area contributed by atoms with Crippen LogP contribution < -0.4 is 5.09 Å². The van der Waals surface area contributed by atoms with Crippen molar-refractivity contribution in [3.05, 3.63) is 53.8 Å². The van der Waals surface area contributed by atoms with Crippen LogP contribution >= 0.6 is 7.75 Å². The molecule has 7 heteroatoms. The molecule has 0 spiro atoms. The van der Waals surface area contributed by atoms with Gasteiger partial charge in [-0.2, -0.15) is 0 Å². The van der Waals surface area contributed by atoms with Gasteiger partial charge in [-0.05, 0) is 49.1 Å². The highest BCUT2D eigenvalue weighted by molar-refractivity contribution is 7.49. The number of aryl methyl sites for hydroxylation is 1. The monoisotopic (exact) mass is 323 g/mol. The molecular formula is C15H18NO5P. The maximum absolute atomic E-state index is 11.9. The zero-order valence-electron chi connectivity index (χ0n) is 11.8. The SMILES string of the molecule is O=C1C=CC=C(NP(=O)(O)O)C1CCCc1cccc(O)c1. The van der Waals surface area contributed by atoms with Crippen molar-refractivity contribution in [1.29, 1.82) is 0 Å². The summed E-state index contributed by atoms with van der Waals surface area (Å²) < 4.78 is 11.1. The molecule has 1 atom stereocenters. The standard InChI is InChI=1S/C15H18NO5P/c17-12-6-1-4-11(10-12)5-2-7-13-14(16-22(19,20)21)8-3-9-15(13)18/h1,3-4,6,8-10,13,17H,2,5,7H2,(H3,16,19,20,21). The fourth-order valence-electron chi connectivity index (χ4n) is 2.44. The Morgan fingerprint density at radius 3 is 2.73 bits per heavy atom. The molecule has 0 amide bonds. The molecular weight excluding hydrogens is 305 g/mol. The highest BCUT2D eigenvalue weighted by Crippen LogP contribution is 2.34. The van der Waals surface area contributed by atoms with Gasteiger partial charge in [-0.25, -0.2) is 4.57 Å². The molecule has 0 aromatic heterocycles. The maximum atomic E-state index is 11.9. The quantitative estimate of drug-likeness (QED) is 0.597. The van der Waals surface area contributed by atoms with E-state index >= 15 is 0 Å². The van der Waals surface area contributed by atoms with E-state index in [0.717, 1.165) is 5.56 Å². The van der Waals surface area contributed by atoms with Crippen molar-refractivity contribution in [2.75, 3.05) is 0 Å². The van der Waals surface area contributed by atoms with Crippen molar-refractivity contribution in [3.8, 4) is 5.75 Å². The van der Waals surface area contributed by atoms with Gasteiger partial charge in [-0.1, -0.05) is 18.2 Å². The number of benzene rings is 1. The summed E-state index contributed by atoms with van der Waals surface area (Å²) in [7, 11) is -4.43. The van der Waals surface area contributed by atoms with Gasteiger partial charge in [-0.3, -0.25) is 9.88 Å². The van der Waals surface area contributed by atoms with Crippen LogP contribution in [-0.2, 0) is 15.8 Å². The van der Waals surface area contributed by atoms with Crippen molar-refractivity contribution >= 4 is 13.5 Å². The van der Waals surface area contributed by atoms with Crippen LogP contribution in [0.25, 0.3) is 0 Å². The Labute approximate surface area is 128 Å². The zero-order chi connectivity index (χ0) is 16.2. The van der Waals surface area contributed by atoms with Crippen LogP contribution in [0.5, 0.6) is 5.75 Å². The van der Waals surface area contributed by atoms with E-state index in [1.807, 2.05) is 6.07 Å². The molecule has 118 valence electrons. The second kappa shape index (κ2) is 6.92. The van der Waals surface area contributed by atoms with Crippen molar-refractivity contribution in [3.63, 3.8) is 0 Å². The number of rotatable bonds is 6. The number of hydrogen-bond donors (Lipinski definition) is 4. The van der Waals surface area contributed by atoms with E-state index in [4.69, 9.17) is 9.79 Å². The number of ketones is 1. The van der Waals surface area contributed by atoms with Crippen molar-refractivity contribution < 1.29 is 24.3 Å². The number of allylic oxidation sites excluding steroid dienone is 4. The van der Waals surface area contributed by atoms with E-state index in [1.54, 1.807) is 18.2 Å². The molecule has 0 saturated heterocycles. The Morgan fingerprint density at radius 2 is 2.05 bits per heavy atom. The zero-order valence-corrected chi connectivity index (χ0v) is 12.7. The molecule has 6 nitrogen and oxygen atoms in total. The van der Waals surface area contributed by atoms with E-state index in [1.165, 1.54) is 18.2 Å². The summed E-state index contributed by atoms with van der Waals surface area (Å²) in [6.45, 7) is 0. The van der Waals surface area contributed by atoms with Gasteiger partial charge in [0.25, 0.3) is 0 Å². The Balaban J connectivity index is 1.97. The third-order valence-electron chi connectivity index (χ3n) is 3.40. The first-order valence-electron chi connectivity index (χ1n) is 6.89. The predicted octanol–water partition coefficient (Wildman–Crippen LogP) is 2.04. The first-order valence-corrected chi connectivity index (χ1v) is 8.50. The Hall–Kier alpha value is -1.88. The van der Waals surface area contributed by atoms with Crippen LogP contribution in [0.1, 0.15) is 18.4 Å². The van der Waals surface area contributed by atoms with Gasteiger partial charge in [0.05, 0.1) is 5.92 Å². The molecule has 2 rings (SSSR count). The lowest BCUT2D eigenvalue weighted by molar-refractivity contribution is -0.117. The summed E-state index contributed by atoms with van der Waals surface area (Å²) >= 11 is 0.